The summed E-state index contributed by atoms with van der Waals surface area (Å²) in [6.45, 7) is 4.13. The van der Waals surface area contributed by atoms with Crippen LogP contribution in [0.1, 0.15) is 45.1 Å². The van der Waals surface area contributed by atoms with E-state index >= 15 is 0 Å². The molecule has 1 aliphatic carbocycles. The molecule has 0 heterocycles. The smallest absolute Gasteiger partial charge is 0.331 e. The van der Waals surface area contributed by atoms with Gasteiger partial charge in [-0.2, -0.15) is 0 Å². The number of carbonyl (C=O) groups excluding carboxylic acids is 2. The summed E-state index contributed by atoms with van der Waals surface area (Å²) in [6, 6.07) is 7.60. The van der Waals surface area contributed by atoms with E-state index < -0.39 is 12.1 Å². The fraction of sp³-hybridized carbons (Fsp3) is 0.474. The Kier molecular flexibility index (Phi) is 6.85. The molecule has 5 nitrogen and oxygen atoms in total. The molecule has 1 aliphatic rings. The molecule has 1 saturated carbocycles. The van der Waals surface area contributed by atoms with E-state index in [1.807, 2.05) is 31.2 Å². The lowest BCUT2D eigenvalue weighted by atomic mass is 10.2. The molecule has 0 saturated heterocycles. The van der Waals surface area contributed by atoms with Crippen molar-refractivity contribution in [2.75, 3.05) is 6.61 Å². The second-order valence-electron chi connectivity index (χ2n) is 5.90. The Morgan fingerprint density at radius 2 is 1.92 bits per heavy atom. The van der Waals surface area contributed by atoms with Crippen molar-refractivity contribution < 1.29 is 19.1 Å². The Bertz CT molecular complexity index is 574. The maximum atomic E-state index is 12.0. The predicted molar refractivity (Wildman–Crippen MR) is 92.6 cm³/mol. The lowest BCUT2D eigenvalue weighted by Crippen LogP contribution is -2.40. The van der Waals surface area contributed by atoms with Crippen LogP contribution in [0.4, 0.5) is 0 Å². The zero-order valence-corrected chi connectivity index (χ0v) is 14.3. The molecule has 1 fully saturated rings. The minimum absolute atomic E-state index is 0.220. The molecule has 0 unspecified atom stereocenters. The number of nitrogens with one attached hydrogen (secondary N) is 1. The van der Waals surface area contributed by atoms with Crippen LogP contribution < -0.4 is 10.1 Å². The molecule has 0 radical (unpaired) electrons. The molecule has 1 aromatic carbocycles. The molecule has 1 N–H and O–H groups in total. The molecular weight excluding hydrogens is 306 g/mol. The van der Waals surface area contributed by atoms with Gasteiger partial charge in [-0.15, -0.1) is 0 Å². The summed E-state index contributed by atoms with van der Waals surface area (Å²) in [4.78, 5) is 23.8. The van der Waals surface area contributed by atoms with Crippen LogP contribution in [0.3, 0.4) is 0 Å². The molecule has 1 atom stereocenters. The summed E-state index contributed by atoms with van der Waals surface area (Å²) in [5, 5.41) is 2.92. The maximum Gasteiger partial charge on any atom is 0.331 e. The summed E-state index contributed by atoms with van der Waals surface area (Å²) in [5.74, 6) is 0.0251. The van der Waals surface area contributed by atoms with Gasteiger partial charge in [0, 0.05) is 12.1 Å². The molecular formula is C19H25NO4. The zero-order valence-electron chi connectivity index (χ0n) is 14.3. The quantitative estimate of drug-likeness (QED) is 0.616. The van der Waals surface area contributed by atoms with E-state index in [4.69, 9.17) is 9.47 Å². The van der Waals surface area contributed by atoms with Gasteiger partial charge in [0.25, 0.3) is 5.91 Å². The lowest BCUT2D eigenvalue weighted by molar-refractivity contribution is -0.150. The second kappa shape index (κ2) is 9.11. The molecule has 130 valence electrons. The highest BCUT2D eigenvalue weighted by atomic mass is 16.5. The Balaban J connectivity index is 1.79. The number of hydrogen-bond acceptors (Lipinski definition) is 4. The van der Waals surface area contributed by atoms with Crippen LogP contribution in [0.25, 0.3) is 6.08 Å². The van der Waals surface area contributed by atoms with Gasteiger partial charge < -0.3 is 14.8 Å². The highest BCUT2D eigenvalue weighted by Gasteiger charge is 2.22. The molecule has 0 spiro atoms. The van der Waals surface area contributed by atoms with Crippen LogP contribution >= 0.6 is 0 Å². The van der Waals surface area contributed by atoms with Crippen molar-refractivity contribution in [1.82, 2.24) is 5.32 Å². The molecule has 2 rings (SSSR count). The van der Waals surface area contributed by atoms with Crippen molar-refractivity contribution in [3.63, 3.8) is 0 Å². The Hall–Kier alpha value is -2.30. The molecule has 5 heteroatoms. The monoisotopic (exact) mass is 331 g/mol. The van der Waals surface area contributed by atoms with Gasteiger partial charge in [0.1, 0.15) is 5.75 Å². The van der Waals surface area contributed by atoms with Gasteiger partial charge in [-0.1, -0.05) is 25.0 Å². The highest BCUT2D eigenvalue weighted by molar-refractivity contribution is 5.90. The van der Waals surface area contributed by atoms with E-state index in [0.29, 0.717) is 6.61 Å². The van der Waals surface area contributed by atoms with Gasteiger partial charge in [-0.3, -0.25) is 4.79 Å². The van der Waals surface area contributed by atoms with Crippen molar-refractivity contribution in [1.29, 1.82) is 0 Å². The highest BCUT2D eigenvalue weighted by Crippen LogP contribution is 2.18. The van der Waals surface area contributed by atoms with Crippen molar-refractivity contribution in [3.8, 4) is 5.75 Å². The summed E-state index contributed by atoms with van der Waals surface area (Å²) in [7, 11) is 0. The van der Waals surface area contributed by atoms with Gasteiger partial charge in [-0.05, 0) is 50.5 Å². The molecule has 0 bridgehead atoms. The zero-order chi connectivity index (χ0) is 17.4. The second-order valence-corrected chi connectivity index (χ2v) is 5.90. The first kappa shape index (κ1) is 18.0. The van der Waals surface area contributed by atoms with Crippen LogP contribution in [0.5, 0.6) is 5.75 Å². The van der Waals surface area contributed by atoms with E-state index in [9.17, 15) is 9.59 Å². The average Bonchev–Trinajstić information content (AvgIpc) is 3.07. The molecule has 0 aromatic heterocycles. The van der Waals surface area contributed by atoms with Gasteiger partial charge >= 0.3 is 5.97 Å². The number of esters is 1. The van der Waals surface area contributed by atoms with Crippen LogP contribution in [0.2, 0.25) is 0 Å². The number of rotatable bonds is 7. The normalized spacial score (nSPS) is 16.1. The lowest BCUT2D eigenvalue weighted by Gasteiger charge is -2.16. The van der Waals surface area contributed by atoms with Gasteiger partial charge in [0.15, 0.2) is 6.10 Å². The van der Waals surface area contributed by atoms with Crippen LogP contribution in [0, 0.1) is 0 Å². The first-order chi connectivity index (χ1) is 11.6. The third-order valence-corrected chi connectivity index (χ3v) is 3.97. The number of hydrogen-bond donors (Lipinski definition) is 1. The summed E-state index contributed by atoms with van der Waals surface area (Å²) >= 11 is 0. The number of amides is 1. The summed E-state index contributed by atoms with van der Waals surface area (Å²) in [5.41, 5.74) is 0.860. The minimum Gasteiger partial charge on any atom is -0.494 e. The predicted octanol–water partition coefficient (Wildman–Crippen LogP) is 3.09. The van der Waals surface area contributed by atoms with Crippen molar-refractivity contribution in [2.45, 2.75) is 51.7 Å². The average molecular weight is 331 g/mol. The molecule has 0 aliphatic heterocycles. The Labute approximate surface area is 143 Å². The molecule has 24 heavy (non-hydrogen) atoms. The summed E-state index contributed by atoms with van der Waals surface area (Å²) in [6.07, 6.45) is 6.49. The Morgan fingerprint density at radius 3 is 2.54 bits per heavy atom. The van der Waals surface area contributed by atoms with Crippen molar-refractivity contribution >= 4 is 18.0 Å². The van der Waals surface area contributed by atoms with Gasteiger partial charge in [-0.25, -0.2) is 4.79 Å². The number of benzene rings is 1. The third-order valence-electron chi connectivity index (χ3n) is 3.97. The van der Waals surface area contributed by atoms with Gasteiger partial charge in [0.05, 0.1) is 6.61 Å². The third kappa shape index (κ3) is 5.72. The largest absolute Gasteiger partial charge is 0.494 e. The summed E-state index contributed by atoms with van der Waals surface area (Å²) < 4.78 is 10.5. The minimum atomic E-state index is -0.789. The first-order valence-electron chi connectivity index (χ1n) is 8.50. The first-order valence-corrected chi connectivity index (χ1v) is 8.50. The maximum absolute atomic E-state index is 12.0. The molecule has 1 aromatic rings. The van der Waals surface area contributed by atoms with E-state index in [-0.39, 0.29) is 11.9 Å². The van der Waals surface area contributed by atoms with Crippen LogP contribution in [0.15, 0.2) is 30.3 Å². The molecule has 1 amide bonds. The van der Waals surface area contributed by atoms with E-state index in [1.54, 1.807) is 13.0 Å². The van der Waals surface area contributed by atoms with Crippen LogP contribution in [-0.2, 0) is 14.3 Å². The van der Waals surface area contributed by atoms with E-state index in [0.717, 1.165) is 37.0 Å². The van der Waals surface area contributed by atoms with E-state index in [2.05, 4.69) is 5.32 Å². The Morgan fingerprint density at radius 1 is 1.25 bits per heavy atom. The SMILES string of the molecule is CCOc1ccc(/C=C/C(=O)O[C@H](C)C(=O)NC2CCCC2)cc1. The topological polar surface area (TPSA) is 64.6 Å². The number of carbonyl (C=O) groups is 2. The van der Waals surface area contributed by atoms with Crippen LogP contribution in [-0.4, -0.2) is 30.6 Å². The van der Waals surface area contributed by atoms with Crippen molar-refractivity contribution in [3.05, 3.63) is 35.9 Å². The standard InChI is InChI=1S/C19H25NO4/c1-3-23-17-11-8-15(9-12-17)10-13-18(21)24-14(2)19(22)20-16-6-4-5-7-16/h8-14,16H,3-7H2,1-2H3,(H,20,22)/b13-10+/t14-/m1/s1. The van der Waals surface area contributed by atoms with E-state index in [1.165, 1.54) is 6.08 Å². The number of ether oxygens (including phenoxy) is 2. The van der Waals surface area contributed by atoms with Gasteiger partial charge in [0.2, 0.25) is 0 Å². The fourth-order valence-electron chi connectivity index (χ4n) is 2.66. The van der Waals surface area contributed by atoms with Crippen molar-refractivity contribution in [2.24, 2.45) is 0 Å². The fourth-order valence-corrected chi connectivity index (χ4v) is 2.66.